The SMILES string of the molecule is C.CCC.CCCC.CCCCC. The van der Waals surface area contributed by atoms with Gasteiger partial charge in [-0.05, 0) is 0 Å². The van der Waals surface area contributed by atoms with E-state index in [4.69, 9.17) is 0 Å². The van der Waals surface area contributed by atoms with Gasteiger partial charge >= 0.3 is 0 Å². The van der Waals surface area contributed by atoms with Gasteiger partial charge in [0.1, 0.15) is 0 Å². The first kappa shape index (κ1) is 23.1. The van der Waals surface area contributed by atoms with Gasteiger partial charge in [0.25, 0.3) is 0 Å². The highest BCUT2D eigenvalue weighted by atomic mass is 13.7. The molecular formula is C13H34. The number of unbranched alkanes of at least 4 members (excludes halogenated alkanes) is 3. The van der Waals surface area contributed by atoms with Crippen LogP contribution in [0.25, 0.3) is 0 Å². The molecule has 13 heavy (non-hydrogen) atoms. The van der Waals surface area contributed by atoms with Crippen molar-refractivity contribution in [2.75, 3.05) is 0 Å². The highest BCUT2D eigenvalue weighted by molar-refractivity contribution is 4.24. The molecule has 0 aliphatic rings. The van der Waals surface area contributed by atoms with Crippen molar-refractivity contribution >= 4 is 0 Å². The Morgan fingerprint density at radius 1 is 0.538 bits per heavy atom. The molecule has 0 heterocycles. The van der Waals surface area contributed by atoms with E-state index in [0.29, 0.717) is 0 Å². The molecule has 0 aromatic rings. The summed E-state index contributed by atoms with van der Waals surface area (Å²) in [5.41, 5.74) is 0. The molecule has 0 saturated carbocycles. The molecule has 0 aliphatic carbocycles. The van der Waals surface area contributed by atoms with Crippen LogP contribution in [0.2, 0.25) is 0 Å². The number of rotatable bonds is 3. The fourth-order valence-electron chi connectivity index (χ4n) is 0.354. The molecule has 0 nitrogen and oxygen atoms in total. The van der Waals surface area contributed by atoms with Crippen molar-refractivity contribution in [2.45, 2.75) is 87.5 Å². The average molecular weight is 190 g/mol. The van der Waals surface area contributed by atoms with Crippen molar-refractivity contribution in [3.8, 4) is 0 Å². The zero-order valence-corrected chi connectivity index (χ0v) is 10.2. The van der Waals surface area contributed by atoms with Crippen LogP contribution in [0.1, 0.15) is 87.5 Å². The Hall–Kier alpha value is 0. The van der Waals surface area contributed by atoms with E-state index in [1.807, 2.05) is 0 Å². The molecule has 0 aromatic carbocycles. The lowest BCUT2D eigenvalue weighted by Crippen LogP contribution is -1.59. The van der Waals surface area contributed by atoms with Crippen LogP contribution in [-0.4, -0.2) is 0 Å². The Labute approximate surface area is 88.1 Å². The lowest BCUT2D eigenvalue weighted by molar-refractivity contribution is 0.772. The molecular weight excluding hydrogens is 156 g/mol. The van der Waals surface area contributed by atoms with E-state index in [1.165, 1.54) is 38.5 Å². The third-order valence-corrected chi connectivity index (χ3v) is 1.21. The number of hydrogen-bond donors (Lipinski definition) is 0. The lowest BCUT2D eigenvalue weighted by atomic mass is 10.3. The van der Waals surface area contributed by atoms with Crippen LogP contribution in [0.5, 0.6) is 0 Å². The van der Waals surface area contributed by atoms with Gasteiger partial charge in [0.05, 0.1) is 0 Å². The first-order chi connectivity index (χ1) is 5.74. The van der Waals surface area contributed by atoms with Crippen molar-refractivity contribution in [3.63, 3.8) is 0 Å². The summed E-state index contributed by atoms with van der Waals surface area (Å²) < 4.78 is 0. The molecule has 0 aliphatic heterocycles. The van der Waals surface area contributed by atoms with E-state index >= 15 is 0 Å². The molecule has 0 aromatic heterocycles. The Morgan fingerprint density at radius 3 is 0.769 bits per heavy atom. The minimum absolute atomic E-state index is 0. The van der Waals surface area contributed by atoms with E-state index < -0.39 is 0 Å². The molecule has 0 fully saturated rings. The summed E-state index contributed by atoms with van der Waals surface area (Å²) in [5.74, 6) is 0. The third kappa shape index (κ3) is 133. The quantitative estimate of drug-likeness (QED) is 0.508. The van der Waals surface area contributed by atoms with Gasteiger partial charge in [-0.1, -0.05) is 87.5 Å². The normalized spacial score (nSPS) is 6.92. The maximum atomic E-state index is 2.21. The van der Waals surface area contributed by atoms with Crippen LogP contribution in [0.4, 0.5) is 0 Å². The average Bonchev–Trinajstić information content (AvgIpc) is 2.08. The molecule has 0 bridgehead atoms. The van der Waals surface area contributed by atoms with Gasteiger partial charge in [0.15, 0.2) is 0 Å². The van der Waals surface area contributed by atoms with Crippen molar-refractivity contribution in [2.24, 2.45) is 0 Å². The molecule has 0 atom stereocenters. The van der Waals surface area contributed by atoms with E-state index in [9.17, 15) is 0 Å². The standard InChI is InChI=1S/C5H12.C4H10.C3H8.CH4/c1-3-5-4-2;1-3-4-2;1-3-2;/h3-5H2,1-2H3;3-4H2,1-2H3;3H2,1-2H3;1H4. The maximum Gasteiger partial charge on any atom is -0.0538 e. The molecule has 0 heteroatoms. The minimum Gasteiger partial charge on any atom is -0.0776 e. The van der Waals surface area contributed by atoms with Crippen LogP contribution in [0, 0.1) is 0 Å². The third-order valence-electron chi connectivity index (χ3n) is 1.21. The van der Waals surface area contributed by atoms with E-state index in [-0.39, 0.29) is 7.43 Å². The van der Waals surface area contributed by atoms with Crippen molar-refractivity contribution < 1.29 is 0 Å². The van der Waals surface area contributed by atoms with E-state index in [1.54, 1.807) is 0 Å². The molecule has 0 radical (unpaired) electrons. The summed E-state index contributed by atoms with van der Waals surface area (Å²) in [6, 6.07) is 0. The molecule has 86 valence electrons. The van der Waals surface area contributed by atoms with Crippen molar-refractivity contribution in [3.05, 3.63) is 0 Å². The zero-order chi connectivity index (χ0) is 10.2. The van der Waals surface area contributed by atoms with Crippen LogP contribution in [0.3, 0.4) is 0 Å². The second-order valence-corrected chi connectivity index (χ2v) is 3.06. The van der Waals surface area contributed by atoms with Gasteiger partial charge in [0.2, 0.25) is 0 Å². The first-order valence-corrected chi connectivity index (χ1v) is 5.74. The van der Waals surface area contributed by atoms with Gasteiger partial charge in [0, 0.05) is 0 Å². The largest absolute Gasteiger partial charge is 0.0776 e. The van der Waals surface area contributed by atoms with Crippen LogP contribution in [-0.2, 0) is 0 Å². The molecule has 0 unspecified atom stereocenters. The second-order valence-electron chi connectivity index (χ2n) is 3.06. The molecule has 0 N–H and O–H groups in total. The zero-order valence-electron chi connectivity index (χ0n) is 10.2. The van der Waals surface area contributed by atoms with Gasteiger partial charge < -0.3 is 0 Å². The summed E-state index contributed by atoms with van der Waals surface area (Å²) >= 11 is 0. The molecule has 0 rings (SSSR count). The van der Waals surface area contributed by atoms with Gasteiger partial charge in [-0.15, -0.1) is 0 Å². The highest BCUT2D eigenvalue weighted by Crippen LogP contribution is 1.88. The topological polar surface area (TPSA) is 0 Å². The predicted molar refractivity (Wildman–Crippen MR) is 68.5 cm³/mol. The van der Waals surface area contributed by atoms with Crippen LogP contribution < -0.4 is 0 Å². The first-order valence-electron chi connectivity index (χ1n) is 5.74. The summed E-state index contributed by atoms with van der Waals surface area (Å²) in [5, 5.41) is 0. The predicted octanol–water partition coefficient (Wildman–Crippen LogP) is 6.06. The van der Waals surface area contributed by atoms with Crippen molar-refractivity contribution in [1.29, 1.82) is 0 Å². The Kier molecular flexibility index (Phi) is 71.7. The summed E-state index contributed by atoms with van der Waals surface area (Å²) in [7, 11) is 0. The monoisotopic (exact) mass is 190 g/mol. The molecule has 0 spiro atoms. The highest BCUT2D eigenvalue weighted by Gasteiger charge is 1.68. The van der Waals surface area contributed by atoms with E-state index in [2.05, 4.69) is 41.5 Å². The van der Waals surface area contributed by atoms with Crippen LogP contribution in [0.15, 0.2) is 0 Å². The van der Waals surface area contributed by atoms with Gasteiger partial charge in [-0.2, -0.15) is 0 Å². The van der Waals surface area contributed by atoms with Gasteiger partial charge in [-0.25, -0.2) is 0 Å². The molecule has 0 saturated heterocycles. The minimum atomic E-state index is 0. The number of hydrogen-bond acceptors (Lipinski definition) is 0. The second kappa shape index (κ2) is 40.3. The Balaban J connectivity index is -0.0000000465. The smallest absolute Gasteiger partial charge is 0.0538 e. The fourth-order valence-corrected chi connectivity index (χ4v) is 0.354. The summed E-state index contributed by atoms with van der Waals surface area (Å²) in [6.45, 7) is 13.0. The lowest BCUT2D eigenvalue weighted by Gasteiger charge is -1.79. The van der Waals surface area contributed by atoms with Crippen LogP contribution >= 0.6 is 0 Å². The van der Waals surface area contributed by atoms with E-state index in [0.717, 1.165) is 0 Å². The Morgan fingerprint density at radius 2 is 0.769 bits per heavy atom. The summed E-state index contributed by atoms with van der Waals surface area (Å²) in [4.78, 5) is 0. The van der Waals surface area contributed by atoms with Crippen molar-refractivity contribution in [1.82, 2.24) is 0 Å². The maximum absolute atomic E-state index is 2.21. The Bertz CT molecular complexity index is 27.0. The summed E-state index contributed by atoms with van der Waals surface area (Å²) in [6.07, 6.45) is 7.97. The molecule has 0 amide bonds. The van der Waals surface area contributed by atoms with Gasteiger partial charge in [-0.3, -0.25) is 0 Å². The fraction of sp³-hybridized carbons (Fsp3) is 1.00.